The maximum atomic E-state index is 11.4. The highest BCUT2D eigenvalue weighted by atomic mass is 32.2. The van der Waals surface area contributed by atoms with Crippen molar-refractivity contribution < 1.29 is 18.1 Å². The molecule has 4 nitrogen and oxygen atoms in total. The van der Waals surface area contributed by atoms with Gasteiger partial charge < -0.3 is 5.11 Å². The maximum absolute atomic E-state index is 11.4. The Morgan fingerprint density at radius 1 is 0.586 bits per heavy atom. The molecule has 0 saturated heterocycles. The van der Waals surface area contributed by atoms with E-state index in [9.17, 15) is 18.1 Å². The minimum atomic E-state index is -3.87. The molecule has 0 aliphatic heterocycles. The van der Waals surface area contributed by atoms with E-state index in [0.29, 0.717) is 12.8 Å². The summed E-state index contributed by atoms with van der Waals surface area (Å²) in [5, 5.41) is 8.96. The summed E-state index contributed by atoms with van der Waals surface area (Å²) in [6.07, 6.45) is 22.3. The van der Waals surface area contributed by atoms with Gasteiger partial charge in [0.2, 0.25) is 0 Å². The maximum Gasteiger partial charge on any atom is 0.267 e. The van der Waals surface area contributed by atoms with Crippen molar-refractivity contribution in [1.82, 2.24) is 0 Å². The molecule has 0 bridgehead atoms. The van der Waals surface area contributed by atoms with Crippen LogP contribution in [0.15, 0.2) is 0 Å². The Hall–Kier alpha value is -0.130. The Labute approximate surface area is 182 Å². The van der Waals surface area contributed by atoms with Crippen LogP contribution in [0.4, 0.5) is 0 Å². The zero-order chi connectivity index (χ0) is 21.8. The molecule has 0 spiro atoms. The number of aliphatic hydroxyl groups excluding tert-OH is 1. The van der Waals surface area contributed by atoms with Crippen LogP contribution in [0.25, 0.3) is 0 Å². The molecule has 2 atom stereocenters. The van der Waals surface area contributed by atoms with E-state index in [1.54, 1.807) is 0 Å². The predicted molar refractivity (Wildman–Crippen MR) is 125 cm³/mol. The van der Waals surface area contributed by atoms with Crippen LogP contribution in [-0.4, -0.2) is 29.4 Å². The van der Waals surface area contributed by atoms with E-state index >= 15 is 0 Å². The summed E-state index contributed by atoms with van der Waals surface area (Å²) in [5.41, 5.74) is 0. The molecule has 0 aromatic heterocycles. The number of hydrogen-bond acceptors (Lipinski definition) is 3. The largest absolute Gasteiger partial charge is 0.393 e. The molecule has 176 valence electrons. The molecule has 2 N–H and O–H groups in total. The predicted octanol–water partition coefficient (Wildman–Crippen LogP) is 7.45. The second-order valence-corrected chi connectivity index (χ2v) is 10.6. The lowest BCUT2D eigenvalue weighted by Crippen LogP contribution is -2.20. The van der Waals surface area contributed by atoms with Crippen molar-refractivity contribution in [1.29, 1.82) is 0 Å². The highest BCUT2D eigenvalue weighted by Gasteiger charge is 2.21. The van der Waals surface area contributed by atoms with Crippen LogP contribution in [0.2, 0.25) is 0 Å². The highest BCUT2D eigenvalue weighted by molar-refractivity contribution is 7.86. The van der Waals surface area contributed by atoms with Crippen molar-refractivity contribution in [2.45, 2.75) is 154 Å². The van der Waals surface area contributed by atoms with Gasteiger partial charge in [-0.15, -0.1) is 0 Å². The van der Waals surface area contributed by atoms with Gasteiger partial charge in [-0.05, 0) is 25.7 Å². The molecule has 0 heterocycles. The first kappa shape index (κ1) is 28.9. The fourth-order valence-corrected chi connectivity index (χ4v) is 4.88. The van der Waals surface area contributed by atoms with Crippen LogP contribution < -0.4 is 0 Å². The zero-order valence-electron chi connectivity index (χ0n) is 19.4. The molecule has 0 amide bonds. The van der Waals surface area contributed by atoms with Crippen LogP contribution in [0.3, 0.4) is 0 Å². The molecule has 0 aromatic carbocycles. The summed E-state index contributed by atoms with van der Waals surface area (Å²) in [6, 6.07) is 0. The molecule has 0 fully saturated rings. The molecular weight excluding hydrogens is 384 g/mol. The van der Waals surface area contributed by atoms with Gasteiger partial charge in [0.1, 0.15) is 0 Å². The average Bonchev–Trinajstić information content (AvgIpc) is 2.68. The fourth-order valence-electron chi connectivity index (χ4n) is 3.95. The normalized spacial score (nSPS) is 14.2. The van der Waals surface area contributed by atoms with Gasteiger partial charge in [0.15, 0.2) is 0 Å². The van der Waals surface area contributed by atoms with E-state index in [0.717, 1.165) is 38.5 Å². The molecule has 2 unspecified atom stereocenters. The van der Waals surface area contributed by atoms with Gasteiger partial charge in [0.05, 0.1) is 11.4 Å². The third-order valence-electron chi connectivity index (χ3n) is 6.09. The summed E-state index contributed by atoms with van der Waals surface area (Å²) in [7, 11) is -3.87. The molecule has 0 aliphatic rings. The second kappa shape index (κ2) is 19.8. The van der Waals surface area contributed by atoms with Gasteiger partial charge in [-0.2, -0.15) is 8.42 Å². The van der Waals surface area contributed by atoms with Gasteiger partial charge in [-0.3, -0.25) is 4.55 Å². The lowest BCUT2D eigenvalue weighted by molar-refractivity contribution is 0.156. The van der Waals surface area contributed by atoms with E-state index < -0.39 is 15.4 Å². The first-order valence-electron chi connectivity index (χ1n) is 12.6. The van der Waals surface area contributed by atoms with Crippen molar-refractivity contribution in [2.24, 2.45) is 0 Å². The molecule has 5 heteroatoms. The van der Waals surface area contributed by atoms with Crippen LogP contribution in [-0.2, 0) is 10.1 Å². The fraction of sp³-hybridized carbons (Fsp3) is 1.00. The number of unbranched alkanes of at least 4 members (excludes halogenated alkanes) is 14. The number of rotatable bonds is 22. The molecule has 0 rings (SSSR count). The van der Waals surface area contributed by atoms with E-state index in [1.807, 2.05) is 13.8 Å². The standard InChI is InChI=1S/C24H50O4S/c1-3-5-21-24(29(26,27)28)22-19-17-15-13-11-9-7-6-8-10-12-14-16-18-20-23(25)4-2/h23-25H,3-22H2,1-2H3,(H,26,27,28). The van der Waals surface area contributed by atoms with Gasteiger partial charge in [-0.25, -0.2) is 0 Å². The average molecular weight is 435 g/mol. The van der Waals surface area contributed by atoms with Crippen LogP contribution >= 0.6 is 0 Å². The quantitative estimate of drug-likeness (QED) is 0.137. The first-order valence-corrected chi connectivity index (χ1v) is 14.1. The molecule has 29 heavy (non-hydrogen) atoms. The van der Waals surface area contributed by atoms with Crippen molar-refractivity contribution in [3.8, 4) is 0 Å². The van der Waals surface area contributed by atoms with Gasteiger partial charge in [-0.1, -0.05) is 117 Å². The third kappa shape index (κ3) is 19.6. The number of aliphatic hydroxyl groups is 1. The Kier molecular flexibility index (Phi) is 19.7. The Morgan fingerprint density at radius 3 is 1.28 bits per heavy atom. The van der Waals surface area contributed by atoms with Crippen LogP contribution in [0.5, 0.6) is 0 Å². The summed E-state index contributed by atoms with van der Waals surface area (Å²) in [6.45, 7) is 4.09. The van der Waals surface area contributed by atoms with Gasteiger partial charge in [0, 0.05) is 0 Å². The lowest BCUT2D eigenvalue weighted by Gasteiger charge is -2.13. The smallest absolute Gasteiger partial charge is 0.267 e. The molecule has 0 saturated carbocycles. The monoisotopic (exact) mass is 434 g/mol. The summed E-state index contributed by atoms with van der Waals surface area (Å²) < 4.78 is 32.1. The minimum Gasteiger partial charge on any atom is -0.393 e. The Balaban J connectivity index is 3.35. The SMILES string of the molecule is CCCCC(CCCCCCCCCCCCCCCCC(O)CC)S(=O)(=O)O. The summed E-state index contributed by atoms with van der Waals surface area (Å²) >= 11 is 0. The Bertz CT molecular complexity index is 436. The van der Waals surface area contributed by atoms with Crippen molar-refractivity contribution in [3.05, 3.63) is 0 Å². The molecule has 0 radical (unpaired) electrons. The molecular formula is C24H50O4S. The van der Waals surface area contributed by atoms with Crippen LogP contribution in [0, 0.1) is 0 Å². The lowest BCUT2D eigenvalue weighted by atomic mass is 10.0. The second-order valence-electron chi connectivity index (χ2n) is 8.87. The van der Waals surface area contributed by atoms with E-state index in [2.05, 4.69) is 0 Å². The van der Waals surface area contributed by atoms with Crippen molar-refractivity contribution in [2.75, 3.05) is 0 Å². The van der Waals surface area contributed by atoms with E-state index in [-0.39, 0.29) is 6.10 Å². The minimum absolute atomic E-state index is 0.0885. The van der Waals surface area contributed by atoms with Crippen molar-refractivity contribution >= 4 is 10.1 Å². The number of hydrogen-bond donors (Lipinski definition) is 2. The molecule has 0 aromatic rings. The first-order chi connectivity index (χ1) is 13.9. The van der Waals surface area contributed by atoms with E-state index in [1.165, 1.54) is 77.0 Å². The van der Waals surface area contributed by atoms with Crippen LogP contribution in [0.1, 0.15) is 142 Å². The highest BCUT2D eigenvalue weighted by Crippen LogP contribution is 2.18. The topological polar surface area (TPSA) is 74.6 Å². The van der Waals surface area contributed by atoms with E-state index in [4.69, 9.17) is 0 Å². The van der Waals surface area contributed by atoms with Gasteiger partial charge >= 0.3 is 0 Å². The third-order valence-corrected chi connectivity index (χ3v) is 7.40. The zero-order valence-corrected chi connectivity index (χ0v) is 20.2. The summed E-state index contributed by atoms with van der Waals surface area (Å²) in [4.78, 5) is 0. The van der Waals surface area contributed by atoms with Gasteiger partial charge in [0.25, 0.3) is 10.1 Å². The summed E-state index contributed by atoms with van der Waals surface area (Å²) in [5.74, 6) is 0. The molecule has 0 aliphatic carbocycles. The van der Waals surface area contributed by atoms with Crippen molar-refractivity contribution in [3.63, 3.8) is 0 Å². The Morgan fingerprint density at radius 2 is 0.931 bits per heavy atom.